The van der Waals surface area contributed by atoms with Gasteiger partial charge in [-0.05, 0) is 42.0 Å². The maximum absolute atomic E-state index is 13.5. The molecule has 1 fully saturated rings. The van der Waals surface area contributed by atoms with E-state index < -0.39 is 12.0 Å². The summed E-state index contributed by atoms with van der Waals surface area (Å²) in [6.07, 6.45) is 3.36. The van der Waals surface area contributed by atoms with Crippen molar-refractivity contribution in [2.45, 2.75) is 69.9 Å². The molecule has 1 heterocycles. The highest BCUT2D eigenvalue weighted by Crippen LogP contribution is 2.34. The summed E-state index contributed by atoms with van der Waals surface area (Å²) in [6, 6.07) is 8.96. The highest BCUT2D eigenvalue weighted by Gasteiger charge is 2.37. The first kappa shape index (κ1) is 24.0. The van der Waals surface area contributed by atoms with Gasteiger partial charge < -0.3 is 15.0 Å². The molecule has 0 radical (unpaired) electrons. The van der Waals surface area contributed by atoms with E-state index in [1.807, 2.05) is 24.1 Å². The number of pyridine rings is 1. The molecule has 1 unspecified atom stereocenters. The Hall–Kier alpha value is -2.70. The number of carbonyl (C=O) groups is 1. The van der Waals surface area contributed by atoms with Crippen LogP contribution < -0.4 is 15.0 Å². The number of alkyl halides is 2. The number of carbonyl (C=O) groups excluding carboxylic acids is 1. The first-order valence-corrected chi connectivity index (χ1v) is 11.0. The third-order valence-electron chi connectivity index (χ3n) is 6.13. The number of ether oxygens (including phenoxy) is 1. The number of amides is 1. The summed E-state index contributed by atoms with van der Waals surface area (Å²) in [5, 5.41) is 3.00. The number of hydrogen-bond donors (Lipinski definition) is 1. The van der Waals surface area contributed by atoms with Crippen molar-refractivity contribution in [1.29, 1.82) is 0 Å². The predicted octanol–water partition coefficient (Wildman–Crippen LogP) is 5.26. The lowest BCUT2D eigenvalue weighted by Crippen LogP contribution is -2.46. The zero-order valence-corrected chi connectivity index (χ0v) is 19.5. The average Bonchev–Trinajstić information content (AvgIpc) is 2.75. The molecule has 1 N–H and O–H groups in total. The molecular weight excluding hydrogens is 412 g/mol. The number of nitrogens with one attached hydrogen (secondary N) is 1. The van der Waals surface area contributed by atoms with Crippen LogP contribution in [0.4, 0.5) is 14.5 Å². The highest BCUT2D eigenvalue weighted by molar-refractivity contribution is 5.87. The summed E-state index contributed by atoms with van der Waals surface area (Å²) in [5.41, 5.74) is 2.76. The molecule has 1 aliphatic carbocycles. The fraction of sp³-hybridized carbons (Fsp3) is 0.520. The zero-order valence-electron chi connectivity index (χ0n) is 19.5. The molecule has 7 heteroatoms. The highest BCUT2D eigenvalue weighted by atomic mass is 19.3. The Morgan fingerprint density at radius 2 is 1.81 bits per heavy atom. The third kappa shape index (κ3) is 5.75. The van der Waals surface area contributed by atoms with Crippen LogP contribution in [0, 0.1) is 0 Å². The maximum Gasteiger partial charge on any atom is 0.248 e. The number of aromatic nitrogens is 1. The van der Waals surface area contributed by atoms with Crippen LogP contribution in [0.25, 0.3) is 0 Å². The average molecular weight is 446 g/mol. The van der Waals surface area contributed by atoms with E-state index >= 15 is 0 Å². The molecular formula is C25H33F2N3O2. The number of rotatable bonds is 6. The molecule has 0 aliphatic heterocycles. The van der Waals surface area contributed by atoms with Gasteiger partial charge >= 0.3 is 0 Å². The van der Waals surface area contributed by atoms with Gasteiger partial charge in [0, 0.05) is 43.4 Å². The van der Waals surface area contributed by atoms with E-state index in [0.29, 0.717) is 11.3 Å². The van der Waals surface area contributed by atoms with Gasteiger partial charge in [0.15, 0.2) is 0 Å². The molecule has 2 aromatic rings. The molecule has 32 heavy (non-hydrogen) atoms. The molecule has 174 valence electrons. The predicted molar refractivity (Wildman–Crippen MR) is 122 cm³/mol. The summed E-state index contributed by atoms with van der Waals surface area (Å²) in [7, 11) is 3.40. The van der Waals surface area contributed by atoms with Crippen molar-refractivity contribution in [2.75, 3.05) is 19.1 Å². The minimum absolute atomic E-state index is 0.0215. The lowest BCUT2D eigenvalue weighted by molar-refractivity contribution is -0.124. The van der Waals surface area contributed by atoms with Crippen molar-refractivity contribution in [3.63, 3.8) is 0 Å². The first-order valence-electron chi connectivity index (χ1n) is 11.0. The van der Waals surface area contributed by atoms with Crippen LogP contribution >= 0.6 is 0 Å². The Morgan fingerprint density at radius 3 is 2.38 bits per heavy atom. The number of nitrogens with zero attached hydrogens (tertiary/aromatic N) is 2. The van der Waals surface area contributed by atoms with Crippen LogP contribution in [0.15, 0.2) is 42.7 Å². The van der Waals surface area contributed by atoms with Gasteiger partial charge in [-0.2, -0.15) is 0 Å². The Balaban J connectivity index is 1.87. The minimum Gasteiger partial charge on any atom is -0.495 e. The molecule has 1 aromatic heterocycles. The van der Waals surface area contributed by atoms with Gasteiger partial charge in [0.1, 0.15) is 11.8 Å². The molecule has 1 atom stereocenters. The summed E-state index contributed by atoms with van der Waals surface area (Å²) in [5.74, 6) is -2.32. The van der Waals surface area contributed by atoms with Gasteiger partial charge in [-0.3, -0.25) is 9.78 Å². The SMILES string of the molecule is COc1cncc(C(C(=O)NC2CCC(F)(F)CC2)N(C)c2ccc(C(C)(C)C)cc2)c1. The van der Waals surface area contributed by atoms with Gasteiger partial charge in [0.2, 0.25) is 11.8 Å². The van der Waals surface area contributed by atoms with Gasteiger partial charge in [-0.25, -0.2) is 8.78 Å². The Kier molecular flexibility index (Phi) is 7.06. The molecule has 1 saturated carbocycles. The third-order valence-corrected chi connectivity index (χ3v) is 6.13. The van der Waals surface area contributed by atoms with Crippen molar-refractivity contribution in [3.8, 4) is 5.75 Å². The summed E-state index contributed by atoms with van der Waals surface area (Å²) < 4.78 is 32.4. The number of hydrogen-bond acceptors (Lipinski definition) is 4. The largest absolute Gasteiger partial charge is 0.495 e. The van der Waals surface area contributed by atoms with Crippen molar-refractivity contribution >= 4 is 11.6 Å². The van der Waals surface area contributed by atoms with Gasteiger partial charge in [-0.15, -0.1) is 0 Å². The standard InChI is InChI=1S/C25H33F2N3O2/c1-24(2,3)18-6-8-20(9-7-18)30(4)22(17-14-21(32-5)16-28-15-17)23(31)29-19-10-12-25(26,27)13-11-19/h6-9,14-16,19,22H,10-13H2,1-5H3,(H,29,31). The molecule has 1 aliphatic rings. The van der Waals surface area contributed by atoms with Crippen molar-refractivity contribution in [3.05, 3.63) is 53.9 Å². The van der Waals surface area contributed by atoms with E-state index in [9.17, 15) is 13.6 Å². The maximum atomic E-state index is 13.5. The molecule has 0 bridgehead atoms. The van der Waals surface area contributed by atoms with Gasteiger partial charge in [0.05, 0.1) is 13.3 Å². The molecule has 1 amide bonds. The second-order valence-electron chi connectivity index (χ2n) is 9.61. The number of benzene rings is 1. The molecule has 3 rings (SSSR count). The lowest BCUT2D eigenvalue weighted by atomic mass is 9.87. The van der Waals surface area contributed by atoms with Crippen LogP contribution in [0.3, 0.4) is 0 Å². The number of likely N-dealkylation sites (N-methyl/N-ethyl adjacent to an activating group) is 1. The van der Waals surface area contributed by atoms with Crippen LogP contribution in [0.5, 0.6) is 5.75 Å². The van der Waals surface area contributed by atoms with Crippen molar-refractivity contribution < 1.29 is 18.3 Å². The Bertz CT molecular complexity index is 916. The molecule has 5 nitrogen and oxygen atoms in total. The fourth-order valence-electron chi connectivity index (χ4n) is 4.06. The van der Waals surface area contributed by atoms with E-state index in [0.717, 1.165) is 5.69 Å². The Morgan fingerprint density at radius 1 is 1.19 bits per heavy atom. The van der Waals surface area contributed by atoms with Gasteiger partial charge in [0.25, 0.3) is 0 Å². The van der Waals surface area contributed by atoms with Crippen molar-refractivity contribution in [1.82, 2.24) is 10.3 Å². The number of methoxy groups -OCH3 is 1. The minimum atomic E-state index is -2.64. The lowest BCUT2D eigenvalue weighted by Gasteiger charge is -2.33. The van der Waals surface area contributed by atoms with E-state index in [1.54, 1.807) is 25.6 Å². The molecule has 0 saturated heterocycles. The normalized spacial score (nSPS) is 17.5. The fourth-order valence-corrected chi connectivity index (χ4v) is 4.06. The number of halogens is 2. The second-order valence-corrected chi connectivity index (χ2v) is 9.61. The molecule has 1 aromatic carbocycles. The van der Waals surface area contributed by atoms with E-state index in [2.05, 4.69) is 43.2 Å². The van der Waals surface area contributed by atoms with Crippen LogP contribution in [-0.4, -0.2) is 37.0 Å². The summed E-state index contributed by atoms with van der Waals surface area (Å²) >= 11 is 0. The smallest absolute Gasteiger partial charge is 0.248 e. The van der Waals surface area contributed by atoms with E-state index in [4.69, 9.17) is 4.74 Å². The van der Waals surface area contributed by atoms with E-state index in [-0.39, 0.29) is 43.0 Å². The monoisotopic (exact) mass is 445 g/mol. The van der Waals surface area contributed by atoms with Crippen LogP contribution in [0.1, 0.15) is 63.6 Å². The zero-order chi connectivity index (χ0) is 23.5. The van der Waals surface area contributed by atoms with Crippen molar-refractivity contribution in [2.24, 2.45) is 0 Å². The topological polar surface area (TPSA) is 54.5 Å². The van der Waals surface area contributed by atoms with Gasteiger partial charge in [-0.1, -0.05) is 32.9 Å². The molecule has 0 spiro atoms. The number of anilines is 1. The van der Waals surface area contributed by atoms with E-state index in [1.165, 1.54) is 5.56 Å². The quantitative estimate of drug-likeness (QED) is 0.659. The van der Waals surface area contributed by atoms with Crippen LogP contribution in [-0.2, 0) is 10.2 Å². The summed E-state index contributed by atoms with van der Waals surface area (Å²) in [4.78, 5) is 19.5. The Labute approximate surface area is 189 Å². The summed E-state index contributed by atoms with van der Waals surface area (Å²) in [6.45, 7) is 6.45. The first-order chi connectivity index (χ1) is 15.0. The second kappa shape index (κ2) is 9.43. The van der Waals surface area contributed by atoms with Crippen LogP contribution in [0.2, 0.25) is 0 Å².